The number of hydrogen-bond acceptors (Lipinski definition) is 3. The lowest BCUT2D eigenvalue weighted by Gasteiger charge is -2.29. The summed E-state index contributed by atoms with van der Waals surface area (Å²) in [6, 6.07) is 0. The summed E-state index contributed by atoms with van der Waals surface area (Å²) >= 11 is 0. The Morgan fingerprint density at radius 1 is 1.50 bits per heavy atom. The third kappa shape index (κ3) is 2.19. The zero-order valence-electron chi connectivity index (χ0n) is 7.67. The molecule has 70 valence electrons. The fourth-order valence-corrected chi connectivity index (χ4v) is 1.24. The molecule has 1 atom stereocenters. The number of ether oxygens (including phenoxy) is 1. The van der Waals surface area contributed by atoms with E-state index in [1.807, 2.05) is 4.90 Å². The first-order valence-corrected chi connectivity index (χ1v) is 4.28. The van der Waals surface area contributed by atoms with Crippen molar-refractivity contribution >= 4 is 5.91 Å². The molecule has 1 heterocycles. The minimum absolute atomic E-state index is 0.0963. The number of nitrogens with zero attached hydrogens (tertiary/aromatic N) is 1. The molecule has 1 aliphatic rings. The summed E-state index contributed by atoms with van der Waals surface area (Å²) in [6.45, 7) is 5.16. The molecule has 1 N–H and O–H groups in total. The Balaban J connectivity index is 2.39. The fraction of sp³-hybridized carbons (Fsp3) is 0.875. The quantitative estimate of drug-likeness (QED) is 0.608. The van der Waals surface area contributed by atoms with E-state index in [2.05, 4.69) is 5.32 Å². The van der Waals surface area contributed by atoms with E-state index < -0.39 is 0 Å². The summed E-state index contributed by atoms with van der Waals surface area (Å²) in [6.07, 6.45) is -0.303. The lowest BCUT2D eigenvalue weighted by atomic mass is 10.3. The number of piperazine rings is 1. The maximum Gasteiger partial charge on any atom is 0.251 e. The normalized spacial score (nSPS) is 20.7. The van der Waals surface area contributed by atoms with Gasteiger partial charge in [-0.05, 0) is 6.92 Å². The molecule has 0 radical (unpaired) electrons. The first-order chi connectivity index (χ1) is 5.75. The molecule has 1 rings (SSSR count). The number of carbonyl (C=O) groups is 1. The Labute approximate surface area is 72.9 Å². The van der Waals surface area contributed by atoms with Gasteiger partial charge in [0.1, 0.15) is 6.10 Å². The van der Waals surface area contributed by atoms with Crippen molar-refractivity contribution in [3.63, 3.8) is 0 Å². The Kier molecular flexibility index (Phi) is 3.49. The van der Waals surface area contributed by atoms with E-state index in [1.54, 1.807) is 14.0 Å². The second-order valence-corrected chi connectivity index (χ2v) is 2.95. The van der Waals surface area contributed by atoms with E-state index in [-0.39, 0.29) is 12.0 Å². The van der Waals surface area contributed by atoms with Gasteiger partial charge in [0, 0.05) is 33.3 Å². The second-order valence-electron chi connectivity index (χ2n) is 2.95. The van der Waals surface area contributed by atoms with Crippen LogP contribution in [0.15, 0.2) is 0 Å². The van der Waals surface area contributed by atoms with Crippen molar-refractivity contribution in [2.24, 2.45) is 0 Å². The monoisotopic (exact) mass is 172 g/mol. The molecule has 0 aliphatic carbocycles. The third-order valence-electron chi connectivity index (χ3n) is 2.13. The van der Waals surface area contributed by atoms with Crippen LogP contribution in [-0.4, -0.2) is 50.2 Å². The SMILES string of the molecule is CO[C@@H](C)C(=O)N1CCNCC1. The van der Waals surface area contributed by atoms with Crippen LogP contribution in [0.4, 0.5) is 0 Å². The van der Waals surface area contributed by atoms with Gasteiger partial charge in [-0.15, -0.1) is 0 Å². The zero-order valence-corrected chi connectivity index (χ0v) is 7.67. The van der Waals surface area contributed by atoms with E-state index in [9.17, 15) is 4.79 Å². The van der Waals surface area contributed by atoms with E-state index >= 15 is 0 Å². The van der Waals surface area contributed by atoms with Crippen LogP contribution < -0.4 is 5.32 Å². The van der Waals surface area contributed by atoms with Crippen LogP contribution in [0, 0.1) is 0 Å². The molecule has 0 bridgehead atoms. The topological polar surface area (TPSA) is 41.6 Å². The third-order valence-corrected chi connectivity index (χ3v) is 2.13. The molecule has 4 nitrogen and oxygen atoms in total. The van der Waals surface area contributed by atoms with Crippen molar-refractivity contribution in [1.29, 1.82) is 0 Å². The minimum Gasteiger partial charge on any atom is -0.372 e. The van der Waals surface area contributed by atoms with E-state index in [0.717, 1.165) is 26.2 Å². The maximum atomic E-state index is 11.5. The number of nitrogens with one attached hydrogen (secondary N) is 1. The standard InChI is InChI=1S/C8H16N2O2/c1-7(12-2)8(11)10-5-3-9-4-6-10/h7,9H,3-6H2,1-2H3/t7-/m0/s1. The molecule has 4 heteroatoms. The highest BCUT2D eigenvalue weighted by molar-refractivity contribution is 5.80. The summed E-state index contributed by atoms with van der Waals surface area (Å²) in [7, 11) is 1.56. The van der Waals surface area contributed by atoms with Gasteiger partial charge >= 0.3 is 0 Å². The highest BCUT2D eigenvalue weighted by Gasteiger charge is 2.20. The lowest BCUT2D eigenvalue weighted by Crippen LogP contribution is -2.49. The number of methoxy groups -OCH3 is 1. The molecule has 0 unspecified atom stereocenters. The Morgan fingerprint density at radius 3 is 2.58 bits per heavy atom. The molecule has 1 fully saturated rings. The Hall–Kier alpha value is -0.610. The summed E-state index contributed by atoms with van der Waals surface area (Å²) in [5, 5.41) is 3.19. The smallest absolute Gasteiger partial charge is 0.251 e. The molecule has 1 aliphatic heterocycles. The maximum absolute atomic E-state index is 11.5. The minimum atomic E-state index is -0.303. The number of rotatable bonds is 2. The lowest BCUT2D eigenvalue weighted by molar-refractivity contribution is -0.141. The van der Waals surface area contributed by atoms with Crippen molar-refractivity contribution in [3.8, 4) is 0 Å². The van der Waals surface area contributed by atoms with E-state index in [4.69, 9.17) is 4.74 Å². The Bertz CT molecular complexity index is 155. The Morgan fingerprint density at radius 2 is 2.08 bits per heavy atom. The van der Waals surface area contributed by atoms with Gasteiger partial charge in [-0.1, -0.05) is 0 Å². The largest absolute Gasteiger partial charge is 0.372 e. The van der Waals surface area contributed by atoms with E-state index in [1.165, 1.54) is 0 Å². The van der Waals surface area contributed by atoms with Gasteiger partial charge < -0.3 is 15.0 Å². The van der Waals surface area contributed by atoms with Crippen LogP contribution in [0.2, 0.25) is 0 Å². The van der Waals surface area contributed by atoms with Crippen molar-refractivity contribution in [2.45, 2.75) is 13.0 Å². The first kappa shape index (κ1) is 9.48. The average Bonchev–Trinajstić information content (AvgIpc) is 2.17. The number of amides is 1. The van der Waals surface area contributed by atoms with Crippen molar-refractivity contribution in [3.05, 3.63) is 0 Å². The molecule has 0 aromatic heterocycles. The molecule has 0 aromatic carbocycles. The van der Waals surface area contributed by atoms with Crippen LogP contribution in [0.5, 0.6) is 0 Å². The highest BCUT2D eigenvalue weighted by atomic mass is 16.5. The van der Waals surface area contributed by atoms with Gasteiger partial charge in [-0.25, -0.2) is 0 Å². The van der Waals surface area contributed by atoms with Crippen LogP contribution in [0.3, 0.4) is 0 Å². The second kappa shape index (κ2) is 4.42. The number of hydrogen-bond donors (Lipinski definition) is 1. The van der Waals surface area contributed by atoms with Gasteiger partial charge in [0.25, 0.3) is 5.91 Å². The average molecular weight is 172 g/mol. The summed E-state index contributed by atoms with van der Waals surface area (Å²) in [5.41, 5.74) is 0. The van der Waals surface area contributed by atoms with Crippen LogP contribution >= 0.6 is 0 Å². The highest BCUT2D eigenvalue weighted by Crippen LogP contribution is 1.99. The van der Waals surface area contributed by atoms with E-state index in [0.29, 0.717) is 0 Å². The van der Waals surface area contributed by atoms with Gasteiger partial charge in [0.05, 0.1) is 0 Å². The van der Waals surface area contributed by atoms with Crippen LogP contribution in [0.25, 0.3) is 0 Å². The molecular formula is C8H16N2O2. The van der Waals surface area contributed by atoms with Crippen molar-refractivity contribution < 1.29 is 9.53 Å². The fourth-order valence-electron chi connectivity index (χ4n) is 1.24. The van der Waals surface area contributed by atoms with Crippen molar-refractivity contribution in [2.75, 3.05) is 33.3 Å². The molecule has 0 saturated carbocycles. The number of carbonyl (C=O) groups excluding carboxylic acids is 1. The van der Waals surface area contributed by atoms with Gasteiger partial charge in [0.15, 0.2) is 0 Å². The van der Waals surface area contributed by atoms with Crippen LogP contribution in [-0.2, 0) is 9.53 Å². The molecular weight excluding hydrogens is 156 g/mol. The zero-order chi connectivity index (χ0) is 8.97. The molecule has 1 amide bonds. The van der Waals surface area contributed by atoms with Gasteiger partial charge in [-0.3, -0.25) is 4.79 Å². The summed E-state index contributed by atoms with van der Waals surface area (Å²) in [4.78, 5) is 13.3. The molecule has 0 aromatic rings. The van der Waals surface area contributed by atoms with Crippen LogP contribution in [0.1, 0.15) is 6.92 Å². The predicted octanol–water partition coefficient (Wildman–Crippen LogP) is -0.547. The molecule has 1 saturated heterocycles. The molecule has 0 spiro atoms. The summed E-state index contributed by atoms with van der Waals surface area (Å²) in [5.74, 6) is 0.0963. The van der Waals surface area contributed by atoms with Gasteiger partial charge in [0.2, 0.25) is 0 Å². The predicted molar refractivity (Wildman–Crippen MR) is 45.9 cm³/mol. The van der Waals surface area contributed by atoms with Crippen molar-refractivity contribution in [1.82, 2.24) is 10.2 Å². The molecule has 12 heavy (non-hydrogen) atoms. The first-order valence-electron chi connectivity index (χ1n) is 4.28. The summed E-state index contributed by atoms with van der Waals surface area (Å²) < 4.78 is 4.95. The van der Waals surface area contributed by atoms with Gasteiger partial charge in [-0.2, -0.15) is 0 Å².